The molecule has 0 amide bonds. The van der Waals surface area contributed by atoms with Gasteiger partial charge in [0, 0.05) is 42.9 Å². The van der Waals surface area contributed by atoms with E-state index in [0.717, 1.165) is 24.9 Å². The summed E-state index contributed by atoms with van der Waals surface area (Å²) in [5, 5.41) is 4.26. The number of hydrogen-bond donors (Lipinski definition) is 1. The van der Waals surface area contributed by atoms with Crippen molar-refractivity contribution in [1.29, 1.82) is 0 Å². The van der Waals surface area contributed by atoms with Crippen LogP contribution in [0.3, 0.4) is 0 Å². The molecule has 2 heterocycles. The highest BCUT2D eigenvalue weighted by Gasteiger charge is 2.29. The summed E-state index contributed by atoms with van der Waals surface area (Å²) < 4.78 is 5.10. The topological polar surface area (TPSA) is 24.5 Å². The van der Waals surface area contributed by atoms with Gasteiger partial charge in [0.1, 0.15) is 0 Å². The second kappa shape index (κ2) is 7.63. The Morgan fingerprint density at radius 3 is 3.14 bits per heavy atom. The van der Waals surface area contributed by atoms with E-state index in [0.29, 0.717) is 6.04 Å². The first kappa shape index (κ1) is 15.3. The summed E-state index contributed by atoms with van der Waals surface area (Å²) in [5.74, 6) is 0. The third-order valence-electron chi connectivity index (χ3n) is 4.51. The highest BCUT2D eigenvalue weighted by molar-refractivity contribution is 8.00. The molecule has 2 aliphatic heterocycles. The first-order valence-corrected chi connectivity index (χ1v) is 8.93. The number of likely N-dealkylation sites (tertiary alicyclic amines) is 1. The van der Waals surface area contributed by atoms with Crippen LogP contribution < -0.4 is 5.32 Å². The van der Waals surface area contributed by atoms with Gasteiger partial charge >= 0.3 is 0 Å². The van der Waals surface area contributed by atoms with Gasteiger partial charge in [-0.2, -0.15) is 0 Å². The lowest BCUT2D eigenvalue weighted by atomic mass is 10.1. The lowest BCUT2D eigenvalue weighted by molar-refractivity contribution is 0.192. The summed E-state index contributed by atoms with van der Waals surface area (Å²) in [4.78, 5) is 4.19. The third kappa shape index (κ3) is 4.01. The number of thioether (sulfide) groups is 1. The Hall–Kier alpha value is -0.550. The minimum atomic E-state index is 0.714. The van der Waals surface area contributed by atoms with E-state index >= 15 is 0 Å². The molecule has 3 nitrogen and oxygen atoms in total. The fourth-order valence-corrected chi connectivity index (χ4v) is 4.77. The van der Waals surface area contributed by atoms with Crippen LogP contribution in [0.5, 0.6) is 0 Å². The van der Waals surface area contributed by atoms with Gasteiger partial charge in [0.05, 0.1) is 6.61 Å². The number of ether oxygens (including phenoxy) is 1. The van der Waals surface area contributed by atoms with Gasteiger partial charge in [-0.1, -0.05) is 18.2 Å². The smallest absolute Gasteiger partial charge is 0.0587 e. The lowest BCUT2D eigenvalue weighted by Gasteiger charge is -2.27. The fraction of sp³-hybridized carbons (Fsp3) is 0.647. The van der Waals surface area contributed by atoms with Gasteiger partial charge < -0.3 is 10.1 Å². The minimum Gasteiger partial charge on any atom is -0.383 e. The monoisotopic (exact) mass is 306 g/mol. The largest absolute Gasteiger partial charge is 0.383 e. The molecule has 0 bridgehead atoms. The minimum absolute atomic E-state index is 0.714. The lowest BCUT2D eigenvalue weighted by Crippen LogP contribution is -2.41. The van der Waals surface area contributed by atoms with Crippen molar-refractivity contribution in [3.8, 4) is 0 Å². The van der Waals surface area contributed by atoms with Crippen LogP contribution in [0.2, 0.25) is 0 Å². The molecule has 3 rings (SSSR count). The SMILES string of the molecule is COCCNCC1CCCN1CC1Cc2ccccc2S1. The van der Waals surface area contributed by atoms with Crippen LogP contribution in [0.15, 0.2) is 29.2 Å². The van der Waals surface area contributed by atoms with Crippen molar-refractivity contribution in [3.63, 3.8) is 0 Å². The molecule has 0 radical (unpaired) electrons. The van der Waals surface area contributed by atoms with Gasteiger partial charge in [-0.25, -0.2) is 0 Å². The van der Waals surface area contributed by atoms with E-state index in [9.17, 15) is 0 Å². The molecule has 116 valence electrons. The average Bonchev–Trinajstić information content (AvgIpc) is 3.10. The van der Waals surface area contributed by atoms with E-state index in [1.165, 1.54) is 37.2 Å². The van der Waals surface area contributed by atoms with Crippen LogP contribution in [-0.4, -0.2) is 56.1 Å². The zero-order valence-electron chi connectivity index (χ0n) is 12.9. The Morgan fingerprint density at radius 2 is 2.29 bits per heavy atom. The Morgan fingerprint density at radius 1 is 1.38 bits per heavy atom. The number of nitrogens with one attached hydrogen (secondary N) is 1. The van der Waals surface area contributed by atoms with Crippen molar-refractivity contribution in [2.75, 3.05) is 39.9 Å². The van der Waals surface area contributed by atoms with Gasteiger partial charge in [-0.05, 0) is 37.4 Å². The quantitative estimate of drug-likeness (QED) is 0.782. The van der Waals surface area contributed by atoms with Crippen LogP contribution >= 0.6 is 11.8 Å². The summed E-state index contributed by atoms with van der Waals surface area (Å²) >= 11 is 2.07. The second-order valence-electron chi connectivity index (χ2n) is 6.04. The van der Waals surface area contributed by atoms with Crippen molar-refractivity contribution in [2.24, 2.45) is 0 Å². The number of benzene rings is 1. The van der Waals surface area contributed by atoms with E-state index in [1.807, 2.05) is 0 Å². The van der Waals surface area contributed by atoms with Gasteiger partial charge in [0.25, 0.3) is 0 Å². The summed E-state index contributed by atoms with van der Waals surface area (Å²) in [6.45, 7) is 5.37. The highest BCUT2D eigenvalue weighted by atomic mass is 32.2. The van der Waals surface area contributed by atoms with Gasteiger partial charge in [0.15, 0.2) is 0 Å². The summed E-state index contributed by atoms with van der Waals surface area (Å²) in [6.07, 6.45) is 3.92. The zero-order chi connectivity index (χ0) is 14.5. The molecular weight excluding hydrogens is 280 g/mol. The molecule has 2 atom stereocenters. The molecule has 1 fully saturated rings. The van der Waals surface area contributed by atoms with Crippen molar-refractivity contribution >= 4 is 11.8 Å². The van der Waals surface area contributed by atoms with Crippen molar-refractivity contribution < 1.29 is 4.74 Å². The first-order valence-electron chi connectivity index (χ1n) is 8.05. The fourth-order valence-electron chi connectivity index (χ4n) is 3.43. The molecule has 0 saturated carbocycles. The first-order chi connectivity index (χ1) is 10.4. The van der Waals surface area contributed by atoms with E-state index in [4.69, 9.17) is 4.74 Å². The molecule has 4 heteroatoms. The molecule has 2 aliphatic rings. The summed E-state index contributed by atoms with van der Waals surface area (Å²) in [6, 6.07) is 9.60. The zero-order valence-corrected chi connectivity index (χ0v) is 13.7. The standard InChI is InChI=1S/C17H26N2OS/c1-20-10-8-18-12-15-6-4-9-19(15)13-16-11-14-5-2-3-7-17(14)21-16/h2-3,5,7,15-16,18H,4,6,8-13H2,1H3. The summed E-state index contributed by atoms with van der Waals surface area (Å²) in [7, 11) is 1.76. The van der Waals surface area contributed by atoms with E-state index in [2.05, 4.69) is 46.2 Å². The highest BCUT2D eigenvalue weighted by Crippen LogP contribution is 2.37. The van der Waals surface area contributed by atoms with Crippen molar-refractivity contribution in [3.05, 3.63) is 29.8 Å². The maximum atomic E-state index is 5.10. The predicted molar refractivity (Wildman–Crippen MR) is 89.1 cm³/mol. The van der Waals surface area contributed by atoms with Crippen molar-refractivity contribution in [1.82, 2.24) is 10.2 Å². The number of methoxy groups -OCH3 is 1. The Labute approximate surface area is 132 Å². The second-order valence-corrected chi connectivity index (χ2v) is 7.38. The molecule has 0 aromatic heterocycles. The van der Waals surface area contributed by atoms with E-state index in [-0.39, 0.29) is 0 Å². The molecule has 0 aliphatic carbocycles. The molecule has 2 unspecified atom stereocenters. The molecule has 1 N–H and O–H groups in total. The van der Waals surface area contributed by atoms with E-state index < -0.39 is 0 Å². The third-order valence-corrected chi connectivity index (χ3v) is 5.82. The van der Waals surface area contributed by atoms with Gasteiger partial charge in [0.2, 0.25) is 0 Å². The Bertz CT molecular complexity index is 429. The van der Waals surface area contributed by atoms with Gasteiger partial charge in [-0.15, -0.1) is 11.8 Å². The number of fused-ring (bicyclic) bond motifs is 1. The molecule has 21 heavy (non-hydrogen) atoms. The van der Waals surface area contributed by atoms with Crippen molar-refractivity contribution in [2.45, 2.75) is 35.4 Å². The van der Waals surface area contributed by atoms with Gasteiger partial charge in [-0.3, -0.25) is 4.90 Å². The number of nitrogens with zero attached hydrogens (tertiary/aromatic N) is 1. The van der Waals surface area contributed by atoms with E-state index in [1.54, 1.807) is 12.7 Å². The molecule has 1 aromatic carbocycles. The predicted octanol–water partition coefficient (Wildman–Crippen LogP) is 2.40. The number of rotatable bonds is 7. The van der Waals surface area contributed by atoms with Crippen LogP contribution in [0.25, 0.3) is 0 Å². The normalized spacial score (nSPS) is 25.4. The molecule has 1 aromatic rings. The van der Waals surface area contributed by atoms with Crippen LogP contribution in [-0.2, 0) is 11.2 Å². The Kier molecular flexibility index (Phi) is 5.58. The van der Waals surface area contributed by atoms with Crippen LogP contribution in [0, 0.1) is 0 Å². The average molecular weight is 306 g/mol. The van der Waals surface area contributed by atoms with Crippen LogP contribution in [0.4, 0.5) is 0 Å². The number of hydrogen-bond acceptors (Lipinski definition) is 4. The summed E-state index contributed by atoms with van der Waals surface area (Å²) in [5.41, 5.74) is 1.54. The maximum Gasteiger partial charge on any atom is 0.0587 e. The molecule has 0 spiro atoms. The molecular formula is C17H26N2OS. The maximum absolute atomic E-state index is 5.10. The molecule has 1 saturated heterocycles. The van der Waals surface area contributed by atoms with Crippen LogP contribution in [0.1, 0.15) is 18.4 Å². The Balaban J connectivity index is 1.46.